The number of nitrogens with one attached hydrogen (secondary N) is 1. The molecule has 0 spiro atoms. The van der Waals surface area contributed by atoms with E-state index in [4.69, 9.17) is 9.47 Å². The van der Waals surface area contributed by atoms with E-state index in [-0.39, 0.29) is 11.9 Å². The summed E-state index contributed by atoms with van der Waals surface area (Å²) in [7, 11) is 1.55. The van der Waals surface area contributed by atoms with Crippen molar-refractivity contribution in [2.45, 2.75) is 25.8 Å². The van der Waals surface area contributed by atoms with Crippen LogP contribution in [0.1, 0.15) is 31.4 Å². The van der Waals surface area contributed by atoms with E-state index in [1.807, 2.05) is 19.1 Å². The van der Waals surface area contributed by atoms with Gasteiger partial charge >= 0.3 is 0 Å². The third kappa shape index (κ3) is 3.45. The lowest BCUT2D eigenvalue weighted by molar-refractivity contribution is 0.0533. The topological polar surface area (TPSA) is 30.5 Å². The highest BCUT2D eigenvalue weighted by Gasteiger charge is 2.26. The zero-order valence-electron chi connectivity index (χ0n) is 11.6. The van der Waals surface area contributed by atoms with Crippen LogP contribution >= 0.6 is 0 Å². The summed E-state index contributed by atoms with van der Waals surface area (Å²) in [5.74, 6) is 0.789. The fourth-order valence-electron chi connectivity index (χ4n) is 2.69. The largest absolute Gasteiger partial charge is 0.497 e. The molecular formula is C15H22FNO2. The van der Waals surface area contributed by atoms with Crippen molar-refractivity contribution in [2.75, 3.05) is 26.9 Å². The Labute approximate surface area is 114 Å². The molecule has 1 aliphatic rings. The molecule has 1 atom stereocenters. The number of halogens is 1. The van der Waals surface area contributed by atoms with E-state index in [9.17, 15) is 4.39 Å². The molecule has 0 aromatic heterocycles. The molecule has 1 fully saturated rings. The van der Waals surface area contributed by atoms with E-state index >= 15 is 0 Å². The van der Waals surface area contributed by atoms with Crippen LogP contribution in [-0.2, 0) is 4.74 Å². The molecule has 106 valence electrons. The summed E-state index contributed by atoms with van der Waals surface area (Å²) < 4.78 is 24.7. The van der Waals surface area contributed by atoms with Gasteiger partial charge in [-0.25, -0.2) is 4.39 Å². The Balaban J connectivity index is 2.22. The van der Waals surface area contributed by atoms with Gasteiger partial charge in [-0.05, 0) is 31.4 Å². The lowest BCUT2D eigenvalue weighted by Crippen LogP contribution is -2.32. The second-order valence-corrected chi connectivity index (χ2v) is 4.87. The third-order valence-corrected chi connectivity index (χ3v) is 3.70. The van der Waals surface area contributed by atoms with Crippen LogP contribution in [0.5, 0.6) is 5.75 Å². The SMILES string of the molecule is CCNC(c1ccc(OC)cc1F)C1CCOCC1. The van der Waals surface area contributed by atoms with Gasteiger partial charge in [-0.3, -0.25) is 0 Å². The Morgan fingerprint density at radius 1 is 1.42 bits per heavy atom. The van der Waals surface area contributed by atoms with Crippen molar-refractivity contribution in [3.05, 3.63) is 29.6 Å². The smallest absolute Gasteiger partial charge is 0.131 e. The molecule has 1 heterocycles. The number of hydrogen-bond acceptors (Lipinski definition) is 3. The first-order valence-corrected chi connectivity index (χ1v) is 6.90. The Hall–Kier alpha value is -1.13. The Morgan fingerprint density at radius 3 is 2.74 bits per heavy atom. The number of hydrogen-bond donors (Lipinski definition) is 1. The van der Waals surface area contributed by atoms with Crippen LogP contribution in [0, 0.1) is 11.7 Å². The lowest BCUT2D eigenvalue weighted by Gasteiger charge is -2.31. The van der Waals surface area contributed by atoms with E-state index in [1.165, 1.54) is 6.07 Å². The molecule has 1 aromatic carbocycles. The minimum absolute atomic E-state index is 0.0554. The number of rotatable bonds is 5. The van der Waals surface area contributed by atoms with Crippen LogP contribution in [0.4, 0.5) is 4.39 Å². The molecule has 2 rings (SSSR count). The summed E-state index contributed by atoms with van der Waals surface area (Å²) in [5, 5.41) is 3.41. The fraction of sp³-hybridized carbons (Fsp3) is 0.600. The predicted molar refractivity (Wildman–Crippen MR) is 72.9 cm³/mol. The highest BCUT2D eigenvalue weighted by Crippen LogP contribution is 2.32. The molecule has 1 unspecified atom stereocenters. The van der Waals surface area contributed by atoms with Crippen molar-refractivity contribution >= 4 is 0 Å². The molecule has 19 heavy (non-hydrogen) atoms. The molecule has 3 nitrogen and oxygen atoms in total. The van der Waals surface area contributed by atoms with Crippen molar-refractivity contribution in [2.24, 2.45) is 5.92 Å². The normalized spacial score (nSPS) is 18.3. The van der Waals surface area contributed by atoms with Gasteiger partial charge in [0.25, 0.3) is 0 Å². The molecule has 0 bridgehead atoms. The molecule has 4 heteroatoms. The number of ether oxygens (including phenoxy) is 2. The Kier molecular flexibility index (Phi) is 5.16. The molecule has 1 aromatic rings. The number of methoxy groups -OCH3 is 1. The average Bonchev–Trinajstić information content (AvgIpc) is 2.46. The van der Waals surface area contributed by atoms with Gasteiger partial charge in [-0.1, -0.05) is 13.0 Å². The quantitative estimate of drug-likeness (QED) is 0.889. The highest BCUT2D eigenvalue weighted by atomic mass is 19.1. The fourth-order valence-corrected chi connectivity index (χ4v) is 2.69. The maximum atomic E-state index is 14.2. The Morgan fingerprint density at radius 2 is 2.16 bits per heavy atom. The van der Waals surface area contributed by atoms with Crippen LogP contribution in [-0.4, -0.2) is 26.9 Å². The van der Waals surface area contributed by atoms with E-state index in [0.717, 1.165) is 38.2 Å². The van der Waals surface area contributed by atoms with Gasteiger partial charge < -0.3 is 14.8 Å². The first-order chi connectivity index (χ1) is 9.26. The zero-order valence-corrected chi connectivity index (χ0v) is 11.6. The summed E-state index contributed by atoms with van der Waals surface area (Å²) in [6, 6.07) is 5.16. The van der Waals surface area contributed by atoms with Crippen LogP contribution in [0.2, 0.25) is 0 Å². The van der Waals surface area contributed by atoms with Crippen LogP contribution in [0.15, 0.2) is 18.2 Å². The lowest BCUT2D eigenvalue weighted by atomic mass is 9.86. The monoisotopic (exact) mass is 267 g/mol. The van der Waals surface area contributed by atoms with Gasteiger partial charge in [0, 0.05) is 30.9 Å². The summed E-state index contributed by atoms with van der Waals surface area (Å²) in [6.45, 7) is 4.41. The molecule has 0 saturated carbocycles. The van der Waals surface area contributed by atoms with E-state index in [2.05, 4.69) is 5.32 Å². The van der Waals surface area contributed by atoms with Gasteiger partial charge in [-0.2, -0.15) is 0 Å². The van der Waals surface area contributed by atoms with Crippen molar-refractivity contribution in [3.63, 3.8) is 0 Å². The van der Waals surface area contributed by atoms with Crippen LogP contribution < -0.4 is 10.1 Å². The maximum absolute atomic E-state index is 14.2. The summed E-state index contributed by atoms with van der Waals surface area (Å²) in [4.78, 5) is 0. The minimum atomic E-state index is -0.197. The van der Waals surface area contributed by atoms with Gasteiger partial charge in [0.1, 0.15) is 11.6 Å². The van der Waals surface area contributed by atoms with Crippen LogP contribution in [0.3, 0.4) is 0 Å². The average molecular weight is 267 g/mol. The summed E-state index contributed by atoms with van der Waals surface area (Å²) >= 11 is 0. The van der Waals surface area contributed by atoms with Gasteiger partial charge in [0.05, 0.1) is 7.11 Å². The summed E-state index contributed by atoms with van der Waals surface area (Å²) in [6.07, 6.45) is 1.95. The van der Waals surface area contributed by atoms with Crippen molar-refractivity contribution in [3.8, 4) is 5.75 Å². The zero-order chi connectivity index (χ0) is 13.7. The third-order valence-electron chi connectivity index (χ3n) is 3.70. The predicted octanol–water partition coefficient (Wildman–Crippen LogP) is 2.91. The highest BCUT2D eigenvalue weighted by molar-refractivity contribution is 5.31. The van der Waals surface area contributed by atoms with Crippen LogP contribution in [0.25, 0.3) is 0 Å². The van der Waals surface area contributed by atoms with Gasteiger partial charge in [0.2, 0.25) is 0 Å². The van der Waals surface area contributed by atoms with Gasteiger partial charge in [-0.15, -0.1) is 0 Å². The van der Waals surface area contributed by atoms with Crippen molar-refractivity contribution < 1.29 is 13.9 Å². The second-order valence-electron chi connectivity index (χ2n) is 4.87. The van der Waals surface area contributed by atoms with Crippen molar-refractivity contribution in [1.82, 2.24) is 5.32 Å². The molecule has 0 aliphatic carbocycles. The van der Waals surface area contributed by atoms with E-state index in [0.29, 0.717) is 11.7 Å². The summed E-state index contributed by atoms with van der Waals surface area (Å²) in [5.41, 5.74) is 0.731. The van der Waals surface area contributed by atoms with E-state index < -0.39 is 0 Å². The van der Waals surface area contributed by atoms with E-state index in [1.54, 1.807) is 7.11 Å². The molecule has 1 aliphatic heterocycles. The first kappa shape index (κ1) is 14.3. The molecular weight excluding hydrogens is 245 g/mol. The Bertz CT molecular complexity index is 405. The second kappa shape index (κ2) is 6.87. The molecule has 1 N–H and O–H groups in total. The van der Waals surface area contributed by atoms with Gasteiger partial charge in [0.15, 0.2) is 0 Å². The standard InChI is InChI=1S/C15H22FNO2/c1-3-17-15(11-6-8-19-9-7-11)13-5-4-12(18-2)10-14(13)16/h4-5,10-11,15,17H,3,6-9H2,1-2H3. The molecule has 1 saturated heterocycles. The first-order valence-electron chi connectivity index (χ1n) is 6.90. The number of benzene rings is 1. The maximum Gasteiger partial charge on any atom is 0.131 e. The minimum Gasteiger partial charge on any atom is -0.497 e. The van der Waals surface area contributed by atoms with Crippen molar-refractivity contribution in [1.29, 1.82) is 0 Å². The molecule has 0 radical (unpaired) electrons. The molecule has 0 amide bonds.